The van der Waals surface area contributed by atoms with Crippen molar-refractivity contribution in [1.82, 2.24) is 10.7 Å². The highest BCUT2D eigenvalue weighted by molar-refractivity contribution is 6.01. The number of anilines is 1. The molecule has 5 heteroatoms. The van der Waals surface area contributed by atoms with E-state index in [4.69, 9.17) is 4.84 Å². The maximum Gasteiger partial charge on any atom is 0.253 e. The number of carbonyl (C=O) groups is 1. The van der Waals surface area contributed by atoms with Gasteiger partial charge >= 0.3 is 0 Å². The van der Waals surface area contributed by atoms with Crippen LogP contribution in [0.15, 0.2) is 54.9 Å². The summed E-state index contributed by atoms with van der Waals surface area (Å²) in [5.74, 6) is -0.0676. The largest absolute Gasteiger partial charge is 0.366 e. The molecule has 1 heterocycles. The van der Waals surface area contributed by atoms with Crippen LogP contribution in [-0.2, 0) is 4.84 Å². The molecule has 2 aliphatic rings. The first kappa shape index (κ1) is 14.6. The number of hydrogen-bond donors (Lipinski definition) is 2. The van der Waals surface area contributed by atoms with E-state index in [0.29, 0.717) is 17.3 Å². The van der Waals surface area contributed by atoms with Crippen LogP contribution in [0.1, 0.15) is 28.8 Å². The summed E-state index contributed by atoms with van der Waals surface area (Å²) in [4.78, 5) is 18.1. The smallest absolute Gasteiger partial charge is 0.253 e. The van der Waals surface area contributed by atoms with E-state index < -0.39 is 0 Å². The van der Waals surface area contributed by atoms with Crippen LogP contribution in [0.3, 0.4) is 0 Å². The van der Waals surface area contributed by atoms with Gasteiger partial charge in [0.2, 0.25) is 0 Å². The monoisotopic (exact) mass is 321 g/mol. The molecule has 1 fully saturated rings. The third kappa shape index (κ3) is 2.80. The van der Waals surface area contributed by atoms with Gasteiger partial charge in [0.15, 0.2) is 0 Å². The van der Waals surface area contributed by atoms with E-state index in [9.17, 15) is 4.79 Å². The highest BCUT2D eigenvalue weighted by atomic mass is 16.7. The summed E-state index contributed by atoms with van der Waals surface area (Å²) >= 11 is 0. The van der Waals surface area contributed by atoms with Gasteiger partial charge < -0.3 is 10.2 Å². The highest BCUT2D eigenvalue weighted by Gasteiger charge is 2.27. The number of amides is 1. The van der Waals surface area contributed by atoms with Crippen molar-refractivity contribution in [2.45, 2.75) is 25.8 Å². The van der Waals surface area contributed by atoms with Crippen molar-refractivity contribution >= 4 is 11.6 Å². The Balaban J connectivity index is 1.78. The molecular formula is C19H19N3O2. The van der Waals surface area contributed by atoms with Gasteiger partial charge in [-0.1, -0.05) is 30.3 Å². The molecule has 4 rings (SSSR count). The van der Waals surface area contributed by atoms with Gasteiger partial charge in [0.05, 0.1) is 11.8 Å². The van der Waals surface area contributed by atoms with Crippen LogP contribution in [0.5, 0.6) is 0 Å². The molecule has 0 atom stereocenters. The lowest BCUT2D eigenvalue weighted by Crippen LogP contribution is -2.33. The molecule has 0 saturated heterocycles. The molecular weight excluding hydrogens is 302 g/mol. The van der Waals surface area contributed by atoms with Gasteiger partial charge in [-0.15, -0.1) is 5.17 Å². The molecule has 5 nitrogen and oxygen atoms in total. The zero-order chi connectivity index (χ0) is 16.5. The van der Waals surface area contributed by atoms with Crippen LogP contribution >= 0.6 is 0 Å². The van der Waals surface area contributed by atoms with Crippen molar-refractivity contribution in [2.24, 2.45) is 0 Å². The molecule has 0 spiro atoms. The maximum absolute atomic E-state index is 12.7. The predicted octanol–water partition coefficient (Wildman–Crippen LogP) is 3.28. The summed E-state index contributed by atoms with van der Waals surface area (Å²) in [6.07, 6.45) is 5.34. The van der Waals surface area contributed by atoms with Crippen molar-refractivity contribution in [3.05, 3.63) is 66.1 Å². The predicted molar refractivity (Wildman–Crippen MR) is 92.9 cm³/mol. The fourth-order valence-corrected chi connectivity index (χ4v) is 2.81. The van der Waals surface area contributed by atoms with Gasteiger partial charge in [-0.25, -0.2) is 0 Å². The molecule has 122 valence electrons. The number of benzene rings is 2. The molecule has 2 N–H and O–H groups in total. The quantitative estimate of drug-likeness (QED) is 0.907. The van der Waals surface area contributed by atoms with Crippen molar-refractivity contribution in [3.63, 3.8) is 0 Å². The number of aryl methyl sites for hydroxylation is 1. The molecule has 0 bridgehead atoms. The average Bonchev–Trinajstić information content (AvgIpc) is 3.24. The zero-order valence-electron chi connectivity index (χ0n) is 13.5. The van der Waals surface area contributed by atoms with Crippen LogP contribution in [0, 0.1) is 6.92 Å². The number of nitrogens with one attached hydrogen (secondary N) is 2. The first-order chi connectivity index (χ1) is 11.7. The molecule has 2 aromatic carbocycles. The first-order valence-corrected chi connectivity index (χ1v) is 8.11. The Hall–Kier alpha value is -2.95. The number of rotatable bonds is 4. The van der Waals surface area contributed by atoms with E-state index in [-0.39, 0.29) is 5.91 Å². The molecule has 0 unspecified atom stereocenters. The van der Waals surface area contributed by atoms with E-state index in [2.05, 4.69) is 22.9 Å². The third-order valence-electron chi connectivity index (χ3n) is 4.23. The van der Waals surface area contributed by atoms with Crippen molar-refractivity contribution in [3.8, 4) is 11.1 Å². The van der Waals surface area contributed by atoms with E-state index in [1.54, 1.807) is 12.5 Å². The summed E-state index contributed by atoms with van der Waals surface area (Å²) in [5.41, 5.74) is 7.50. The van der Waals surface area contributed by atoms with Crippen LogP contribution in [0.4, 0.5) is 5.69 Å². The zero-order valence-corrected chi connectivity index (χ0v) is 13.5. The van der Waals surface area contributed by atoms with E-state index in [1.165, 1.54) is 5.17 Å². The lowest BCUT2D eigenvalue weighted by Gasteiger charge is -2.21. The van der Waals surface area contributed by atoms with Gasteiger partial charge in [0, 0.05) is 6.04 Å². The number of carbonyl (C=O) groups excluding carboxylic acids is 1. The molecule has 0 aromatic heterocycles. The number of hydrazine groups is 1. The van der Waals surface area contributed by atoms with Gasteiger partial charge in [0.1, 0.15) is 11.9 Å². The standard InChI is InChI=1S/C19H19N3O2/c1-13-11-18(22-20-9-10-24-22)17(19(23)21-15-7-8-15)12-16(13)14-5-3-2-4-6-14/h2-6,9-12,15,20H,7-8H2,1H3,(H,21,23). The molecule has 2 aromatic rings. The molecule has 1 aliphatic heterocycles. The maximum atomic E-state index is 12.7. The second kappa shape index (κ2) is 5.92. The molecule has 1 aliphatic carbocycles. The SMILES string of the molecule is Cc1cc(N2NC=CO2)c(C(=O)NC2CC2)cc1-c1ccccc1. The van der Waals surface area contributed by atoms with Gasteiger partial charge in [-0.05, 0) is 48.6 Å². The molecule has 0 radical (unpaired) electrons. The van der Waals surface area contributed by atoms with E-state index >= 15 is 0 Å². The van der Waals surface area contributed by atoms with Gasteiger partial charge in [0.25, 0.3) is 5.91 Å². The van der Waals surface area contributed by atoms with Crippen molar-refractivity contribution in [1.29, 1.82) is 0 Å². The van der Waals surface area contributed by atoms with E-state index in [0.717, 1.165) is 29.5 Å². The van der Waals surface area contributed by atoms with Crippen LogP contribution in [-0.4, -0.2) is 11.9 Å². The summed E-state index contributed by atoms with van der Waals surface area (Å²) < 4.78 is 0. The lowest BCUT2D eigenvalue weighted by atomic mass is 9.96. The average molecular weight is 321 g/mol. The Kier molecular flexibility index (Phi) is 3.61. The molecule has 1 saturated carbocycles. The van der Waals surface area contributed by atoms with Crippen molar-refractivity contribution < 1.29 is 9.63 Å². The molecule has 1 amide bonds. The van der Waals surface area contributed by atoms with Crippen LogP contribution in [0.2, 0.25) is 0 Å². The Morgan fingerprint density at radius 1 is 1.25 bits per heavy atom. The Morgan fingerprint density at radius 3 is 2.71 bits per heavy atom. The number of hydrogen-bond acceptors (Lipinski definition) is 4. The Labute approximate surface area is 140 Å². The summed E-state index contributed by atoms with van der Waals surface area (Å²) in [7, 11) is 0. The van der Waals surface area contributed by atoms with Gasteiger partial charge in [-0.2, -0.15) is 0 Å². The summed E-state index contributed by atoms with van der Waals surface area (Å²) in [6, 6.07) is 14.3. The minimum atomic E-state index is -0.0676. The van der Waals surface area contributed by atoms with Crippen LogP contribution in [0.25, 0.3) is 11.1 Å². The third-order valence-corrected chi connectivity index (χ3v) is 4.23. The highest BCUT2D eigenvalue weighted by Crippen LogP contribution is 2.32. The Morgan fingerprint density at radius 2 is 2.04 bits per heavy atom. The first-order valence-electron chi connectivity index (χ1n) is 8.11. The van der Waals surface area contributed by atoms with Gasteiger partial charge in [-0.3, -0.25) is 10.2 Å². The second-order valence-corrected chi connectivity index (χ2v) is 6.13. The fourth-order valence-electron chi connectivity index (χ4n) is 2.81. The Bertz CT molecular complexity index is 790. The lowest BCUT2D eigenvalue weighted by molar-refractivity contribution is 0.0949. The number of nitrogens with zero attached hydrogens (tertiary/aromatic N) is 1. The van der Waals surface area contributed by atoms with Crippen LogP contribution < -0.4 is 15.9 Å². The second-order valence-electron chi connectivity index (χ2n) is 6.13. The topological polar surface area (TPSA) is 53.6 Å². The normalized spacial score (nSPS) is 15.8. The van der Waals surface area contributed by atoms with E-state index in [1.807, 2.05) is 37.3 Å². The van der Waals surface area contributed by atoms with Crippen molar-refractivity contribution in [2.75, 3.05) is 5.17 Å². The fraction of sp³-hybridized carbons (Fsp3) is 0.211. The minimum absolute atomic E-state index is 0.0676. The minimum Gasteiger partial charge on any atom is -0.366 e. The molecule has 24 heavy (non-hydrogen) atoms. The summed E-state index contributed by atoms with van der Waals surface area (Å²) in [5, 5.41) is 4.57. The summed E-state index contributed by atoms with van der Waals surface area (Å²) in [6.45, 7) is 2.04.